The first kappa shape index (κ1) is 41.3. The third kappa shape index (κ3) is 10.2. The van der Waals surface area contributed by atoms with Crippen LogP contribution >= 0.6 is 0 Å². The number of para-hydroxylation sites is 3. The van der Waals surface area contributed by atoms with Gasteiger partial charge in [-0.1, -0.05) is 188 Å². The normalized spacial score (nSPS) is 12.0. The minimum atomic E-state index is -1.70. The largest absolute Gasteiger partial charge is 0.488 e. The van der Waals surface area contributed by atoms with Gasteiger partial charge in [0.25, 0.3) is 0 Å². The van der Waals surface area contributed by atoms with E-state index in [2.05, 4.69) is 91.0 Å². The van der Waals surface area contributed by atoms with E-state index < -0.39 is 7.12 Å². The molecule has 0 fully saturated rings. The second kappa shape index (κ2) is 19.8. The third-order valence-electron chi connectivity index (χ3n) is 11.5. The molecule has 0 heterocycles. The Hall–Kier alpha value is -7.06. The fourth-order valence-electron chi connectivity index (χ4n) is 8.42. The lowest BCUT2D eigenvalue weighted by Gasteiger charge is -2.23. The van der Waals surface area contributed by atoms with Crippen LogP contribution in [0.3, 0.4) is 0 Å². The van der Waals surface area contributed by atoms with Crippen LogP contribution in [0.25, 0.3) is 0 Å². The quantitative estimate of drug-likeness (QED) is 0.113. The molecule has 9 rings (SSSR count). The molecular formula is C56H49BO6. The van der Waals surface area contributed by atoms with E-state index in [-0.39, 0.29) is 0 Å². The topological polar surface area (TPSA) is 77.4 Å². The Labute approximate surface area is 370 Å². The molecule has 0 saturated heterocycles. The van der Waals surface area contributed by atoms with E-state index in [4.69, 9.17) is 18.9 Å². The summed E-state index contributed by atoms with van der Waals surface area (Å²) in [6, 6.07) is 63.5. The summed E-state index contributed by atoms with van der Waals surface area (Å²) in [5.74, 6) is 3.09. The van der Waals surface area contributed by atoms with Crippen molar-refractivity contribution >= 4 is 12.6 Å². The summed E-state index contributed by atoms with van der Waals surface area (Å²) >= 11 is 0. The Morgan fingerprint density at radius 3 is 0.794 bits per heavy atom. The molecule has 0 aliphatic heterocycles. The average molecular weight is 829 g/mol. The zero-order chi connectivity index (χ0) is 42.8. The summed E-state index contributed by atoms with van der Waals surface area (Å²) in [6.07, 6.45) is 1.91. The molecule has 312 valence electrons. The molecule has 0 radical (unpaired) electrons. The summed E-state index contributed by atoms with van der Waals surface area (Å²) in [7, 11) is -1.70. The number of hydrogen-bond acceptors (Lipinski definition) is 6. The Morgan fingerprint density at radius 1 is 0.302 bits per heavy atom. The maximum Gasteiger partial charge on any atom is 0.488 e. The highest BCUT2D eigenvalue weighted by atomic mass is 16.5. The van der Waals surface area contributed by atoms with Crippen molar-refractivity contribution in [3.63, 3.8) is 0 Å². The van der Waals surface area contributed by atoms with Crippen molar-refractivity contribution in [2.45, 2.75) is 52.1 Å². The van der Waals surface area contributed by atoms with Gasteiger partial charge in [0.2, 0.25) is 0 Å². The molecule has 8 bridgehead atoms. The Morgan fingerprint density at radius 2 is 0.540 bits per heavy atom. The van der Waals surface area contributed by atoms with Crippen molar-refractivity contribution in [1.29, 1.82) is 0 Å². The van der Waals surface area contributed by atoms with Crippen LogP contribution in [0.1, 0.15) is 66.8 Å². The van der Waals surface area contributed by atoms with E-state index in [9.17, 15) is 10.0 Å². The van der Waals surface area contributed by atoms with Gasteiger partial charge in [0.1, 0.15) is 49.4 Å². The Bertz CT molecular complexity index is 2620. The van der Waals surface area contributed by atoms with E-state index in [1.165, 1.54) is 0 Å². The van der Waals surface area contributed by atoms with E-state index in [0.29, 0.717) is 63.3 Å². The molecule has 63 heavy (non-hydrogen) atoms. The van der Waals surface area contributed by atoms with Gasteiger partial charge in [0.05, 0.1) is 0 Å². The molecule has 0 amide bonds. The van der Waals surface area contributed by atoms with Crippen molar-refractivity contribution in [2.75, 3.05) is 0 Å². The van der Waals surface area contributed by atoms with E-state index in [0.717, 1.165) is 84.0 Å². The van der Waals surface area contributed by atoms with Gasteiger partial charge in [-0.25, -0.2) is 0 Å². The number of rotatable bonds is 13. The Kier molecular flexibility index (Phi) is 13.0. The number of fused-ring (bicyclic) bond motifs is 8. The lowest BCUT2D eigenvalue weighted by molar-refractivity contribution is 0.293. The van der Waals surface area contributed by atoms with Crippen LogP contribution in [0.15, 0.2) is 188 Å². The summed E-state index contributed by atoms with van der Waals surface area (Å²) in [6.45, 7) is 1.50. The molecule has 0 saturated carbocycles. The first-order valence-electron chi connectivity index (χ1n) is 21.5. The highest BCUT2D eigenvalue weighted by Gasteiger charge is 2.25. The van der Waals surface area contributed by atoms with E-state index in [1.807, 2.05) is 97.1 Å². The van der Waals surface area contributed by atoms with Crippen LogP contribution in [0.5, 0.6) is 23.0 Å². The Balaban J connectivity index is 1.23. The molecule has 0 aromatic heterocycles. The lowest BCUT2D eigenvalue weighted by Crippen LogP contribution is -2.31. The second-order valence-electron chi connectivity index (χ2n) is 16.1. The highest BCUT2D eigenvalue weighted by molar-refractivity contribution is 6.58. The second-order valence-corrected chi connectivity index (χ2v) is 16.1. The van der Waals surface area contributed by atoms with E-state index >= 15 is 0 Å². The van der Waals surface area contributed by atoms with Crippen LogP contribution in [0, 0.1) is 0 Å². The molecule has 2 N–H and O–H groups in total. The minimum Gasteiger partial charge on any atom is -0.488 e. The van der Waals surface area contributed by atoms with Crippen molar-refractivity contribution in [1.82, 2.24) is 0 Å². The molecule has 0 atom stereocenters. The summed E-state index contributed by atoms with van der Waals surface area (Å²) in [5.41, 5.74) is 12.2. The molecule has 0 spiro atoms. The van der Waals surface area contributed by atoms with Gasteiger partial charge in [0.15, 0.2) is 0 Å². The van der Waals surface area contributed by atoms with Crippen LogP contribution < -0.4 is 24.4 Å². The van der Waals surface area contributed by atoms with Crippen LogP contribution in [0.2, 0.25) is 0 Å². The zero-order valence-corrected chi connectivity index (χ0v) is 35.2. The fraction of sp³-hybridized carbons (Fsp3) is 0.143. The van der Waals surface area contributed by atoms with Crippen molar-refractivity contribution in [2.24, 2.45) is 0 Å². The smallest absolute Gasteiger partial charge is 0.488 e. The first-order valence-corrected chi connectivity index (χ1v) is 21.5. The molecule has 7 heteroatoms. The minimum absolute atomic E-state index is 0.330. The lowest BCUT2D eigenvalue weighted by atomic mass is 9.77. The zero-order valence-electron chi connectivity index (χ0n) is 35.2. The summed E-state index contributed by atoms with van der Waals surface area (Å²) in [5, 5.41) is 21.6. The molecule has 0 unspecified atom stereocenters. The predicted octanol–water partition coefficient (Wildman–Crippen LogP) is 10.4. The molecule has 6 nitrogen and oxygen atoms in total. The number of ether oxygens (including phenoxy) is 4. The van der Waals surface area contributed by atoms with Gasteiger partial charge in [0, 0.05) is 25.7 Å². The van der Waals surface area contributed by atoms with Crippen molar-refractivity contribution in [3.8, 4) is 23.0 Å². The summed E-state index contributed by atoms with van der Waals surface area (Å²) < 4.78 is 27.5. The molecule has 8 aromatic rings. The molecule has 1 aliphatic carbocycles. The van der Waals surface area contributed by atoms with Gasteiger partial charge in [-0.2, -0.15) is 0 Å². The van der Waals surface area contributed by atoms with Crippen molar-refractivity contribution in [3.05, 3.63) is 255 Å². The van der Waals surface area contributed by atoms with Crippen LogP contribution in [-0.2, 0) is 52.1 Å². The van der Waals surface area contributed by atoms with Crippen LogP contribution in [-0.4, -0.2) is 17.2 Å². The van der Waals surface area contributed by atoms with Gasteiger partial charge >= 0.3 is 7.12 Å². The number of benzene rings is 8. The first-order chi connectivity index (χ1) is 31.0. The highest BCUT2D eigenvalue weighted by Crippen LogP contribution is 2.39. The average Bonchev–Trinajstić information content (AvgIpc) is 3.31. The maximum atomic E-state index is 10.8. The fourth-order valence-corrected chi connectivity index (χ4v) is 8.42. The standard InChI is InChI=1S/C56H49BO6/c58-57(59)52-34-50-32-48-28-14-26-46(54(48)61-37-41-18-7-2-8-19-41)30-44-24-13-25-45(53(44)60-36-40-16-5-1-6-17-40)31-47-27-15-29-49(55(47)62-38-42-20-9-3-10-21-42)33-51(35-52)56(50)63-39-43-22-11-4-12-23-43/h1-29,34-35,58-59H,30-33,36-39H2. The number of hydrogen-bond donors (Lipinski definition) is 2. The molecule has 1 aliphatic rings. The molecular weight excluding hydrogens is 779 g/mol. The maximum absolute atomic E-state index is 10.8. The SMILES string of the molecule is OB(O)c1cc2c(OCc3ccccc3)c(c1)Cc1cccc(c1OCc1ccccc1)Cc1cccc(c1OCc1ccccc1)Cc1cccc(c1OCc1ccccc1)C2. The summed E-state index contributed by atoms with van der Waals surface area (Å²) in [4.78, 5) is 0. The van der Waals surface area contributed by atoms with Crippen molar-refractivity contribution < 1.29 is 29.0 Å². The predicted molar refractivity (Wildman–Crippen MR) is 250 cm³/mol. The molecule has 8 aromatic carbocycles. The monoisotopic (exact) mass is 828 g/mol. The van der Waals surface area contributed by atoms with Gasteiger partial charge in [-0.05, 0) is 72.2 Å². The van der Waals surface area contributed by atoms with E-state index in [1.54, 1.807) is 0 Å². The van der Waals surface area contributed by atoms with Gasteiger partial charge in [-0.15, -0.1) is 0 Å². The van der Waals surface area contributed by atoms with Gasteiger partial charge < -0.3 is 29.0 Å². The van der Waals surface area contributed by atoms with Crippen LogP contribution in [0.4, 0.5) is 0 Å². The third-order valence-corrected chi connectivity index (χ3v) is 11.5. The van der Waals surface area contributed by atoms with Gasteiger partial charge in [-0.3, -0.25) is 0 Å².